The average Bonchev–Trinajstić information content (AvgIpc) is 2.98. The lowest BCUT2D eigenvalue weighted by Gasteiger charge is -2.48. The van der Waals surface area contributed by atoms with Crippen molar-refractivity contribution in [1.29, 1.82) is 0 Å². The van der Waals surface area contributed by atoms with Crippen LogP contribution in [0.1, 0.15) is 27.8 Å². The lowest BCUT2D eigenvalue weighted by atomic mass is 9.97. The van der Waals surface area contributed by atoms with Crippen molar-refractivity contribution in [3.05, 3.63) is 108 Å². The molecule has 1 unspecified atom stereocenters. The Morgan fingerprint density at radius 2 is 1.55 bits per heavy atom. The zero-order valence-electron chi connectivity index (χ0n) is 20.7. The van der Waals surface area contributed by atoms with Crippen LogP contribution in [0.5, 0.6) is 0 Å². The summed E-state index contributed by atoms with van der Waals surface area (Å²) >= 11 is 6.94. The van der Waals surface area contributed by atoms with Gasteiger partial charge in [0.1, 0.15) is 12.2 Å². The van der Waals surface area contributed by atoms with Crippen LogP contribution in [0, 0.1) is 0 Å². The second-order valence-electron chi connectivity index (χ2n) is 8.80. The van der Waals surface area contributed by atoms with Gasteiger partial charge in [-0.25, -0.2) is 4.79 Å². The average molecular weight is 553 g/mol. The number of ether oxygens (including phenoxy) is 6. The summed E-state index contributed by atoms with van der Waals surface area (Å²) in [6, 6.07) is 28.3. The van der Waals surface area contributed by atoms with Crippen molar-refractivity contribution >= 4 is 34.3 Å². The number of methoxy groups -OCH3 is 1. The molecule has 0 saturated carbocycles. The van der Waals surface area contributed by atoms with Gasteiger partial charge in [-0.05, 0) is 29.9 Å². The van der Waals surface area contributed by atoms with E-state index in [1.54, 1.807) is 24.3 Å². The highest BCUT2D eigenvalue weighted by Crippen LogP contribution is 2.37. The van der Waals surface area contributed by atoms with Gasteiger partial charge in [-0.15, -0.1) is 0 Å². The molecule has 2 saturated heterocycles. The van der Waals surface area contributed by atoms with Gasteiger partial charge in [0.05, 0.1) is 12.2 Å². The number of carbonyl (C=O) groups excluding carboxylic acids is 1. The second-order valence-corrected chi connectivity index (χ2v) is 10.4. The lowest BCUT2D eigenvalue weighted by molar-refractivity contribution is -0.355. The Morgan fingerprint density at radius 3 is 2.24 bits per heavy atom. The maximum Gasteiger partial charge on any atom is 0.338 e. The molecule has 0 amide bonds. The van der Waals surface area contributed by atoms with E-state index in [4.69, 9.17) is 40.6 Å². The largest absolute Gasteiger partial charge is 0.466 e. The summed E-state index contributed by atoms with van der Waals surface area (Å²) in [4.78, 5) is 13.2. The summed E-state index contributed by atoms with van der Waals surface area (Å²) < 4.78 is 36.6. The molecule has 0 radical (unpaired) electrons. The molecule has 0 spiro atoms. The molecule has 3 aromatic carbocycles. The molecule has 6 atom stereocenters. The third-order valence-corrected chi connectivity index (χ3v) is 7.53. The minimum Gasteiger partial charge on any atom is -0.466 e. The van der Waals surface area contributed by atoms with Crippen molar-refractivity contribution in [2.24, 2.45) is 0 Å². The van der Waals surface area contributed by atoms with Crippen molar-refractivity contribution in [1.82, 2.24) is 0 Å². The molecule has 2 aliphatic heterocycles. The van der Waals surface area contributed by atoms with Crippen LogP contribution in [0.4, 0.5) is 0 Å². The highest BCUT2D eigenvalue weighted by Gasteiger charge is 2.53. The molecular formula is C29H28O7S2. The Kier molecular flexibility index (Phi) is 9.06. The van der Waals surface area contributed by atoms with E-state index in [0.29, 0.717) is 11.3 Å². The molecule has 38 heavy (non-hydrogen) atoms. The highest BCUT2D eigenvalue weighted by molar-refractivity contribution is 8.22. The minimum atomic E-state index is -0.878. The van der Waals surface area contributed by atoms with Crippen LogP contribution in [0.2, 0.25) is 0 Å². The summed E-state index contributed by atoms with van der Waals surface area (Å²) in [6.07, 6.45) is -4.48. The number of benzene rings is 3. The van der Waals surface area contributed by atoms with Gasteiger partial charge in [0.15, 0.2) is 24.8 Å². The molecule has 2 fully saturated rings. The van der Waals surface area contributed by atoms with Crippen LogP contribution in [-0.2, 0) is 34.2 Å². The number of thiocarbonyl (C=S) groups is 1. The van der Waals surface area contributed by atoms with Crippen molar-refractivity contribution in [3.63, 3.8) is 0 Å². The van der Waals surface area contributed by atoms with Crippen LogP contribution in [-0.4, -0.2) is 54.8 Å². The highest BCUT2D eigenvalue weighted by atomic mass is 32.2. The smallest absolute Gasteiger partial charge is 0.338 e. The first kappa shape index (κ1) is 26.8. The van der Waals surface area contributed by atoms with Crippen molar-refractivity contribution in [2.45, 2.75) is 42.7 Å². The van der Waals surface area contributed by atoms with Gasteiger partial charge in [0.2, 0.25) is 4.38 Å². The molecule has 0 aromatic heterocycles. The van der Waals surface area contributed by atoms with Gasteiger partial charge in [-0.2, -0.15) is 0 Å². The lowest BCUT2D eigenvalue weighted by Crippen LogP contribution is -2.64. The predicted octanol–water partition coefficient (Wildman–Crippen LogP) is 5.30. The first-order chi connectivity index (χ1) is 18.6. The van der Waals surface area contributed by atoms with Crippen LogP contribution < -0.4 is 0 Å². The topological polar surface area (TPSA) is 72.5 Å². The molecule has 198 valence electrons. The molecule has 2 heterocycles. The summed E-state index contributed by atoms with van der Waals surface area (Å²) in [5.41, 5.74) is 2.37. The molecule has 7 nitrogen and oxygen atoms in total. The summed E-state index contributed by atoms with van der Waals surface area (Å²) in [7, 11) is 1.51. The number of hydrogen-bond acceptors (Lipinski definition) is 9. The first-order valence-corrected chi connectivity index (χ1v) is 13.7. The van der Waals surface area contributed by atoms with E-state index in [1.807, 2.05) is 66.7 Å². The molecule has 2 aliphatic rings. The maximum absolute atomic E-state index is 13.2. The van der Waals surface area contributed by atoms with Crippen LogP contribution in [0.15, 0.2) is 91.0 Å². The predicted molar refractivity (Wildman–Crippen MR) is 147 cm³/mol. The Bertz CT molecular complexity index is 1200. The Morgan fingerprint density at radius 1 is 0.895 bits per heavy atom. The molecule has 9 heteroatoms. The Balaban J connectivity index is 1.38. The Hall–Kier alpha value is -2.79. The van der Waals surface area contributed by atoms with E-state index in [9.17, 15) is 4.79 Å². The summed E-state index contributed by atoms with van der Waals surface area (Å²) in [5, 5.41) is 0. The number of carbonyl (C=O) groups is 1. The molecule has 0 aliphatic carbocycles. The third kappa shape index (κ3) is 6.43. The molecule has 5 rings (SSSR count). The van der Waals surface area contributed by atoms with Crippen molar-refractivity contribution < 1.29 is 33.2 Å². The normalized spacial score (nSPS) is 26.7. The zero-order valence-corrected chi connectivity index (χ0v) is 22.3. The van der Waals surface area contributed by atoms with Crippen LogP contribution in [0.3, 0.4) is 0 Å². The Labute approximate surface area is 231 Å². The maximum atomic E-state index is 13.2. The zero-order chi connectivity index (χ0) is 26.3. The van der Waals surface area contributed by atoms with Crippen LogP contribution in [0.25, 0.3) is 0 Å². The monoisotopic (exact) mass is 552 g/mol. The fourth-order valence-corrected chi connectivity index (χ4v) is 5.35. The number of rotatable bonds is 7. The number of fused-ring (bicyclic) bond motifs is 1. The van der Waals surface area contributed by atoms with Gasteiger partial charge in [0.25, 0.3) is 0 Å². The SMILES string of the molecule is CO[C@H]1O[C@@H]2COC(c3ccccc3)O[C@H]2[C@H](OC(=O)c2ccccc2)[C@H]1OC(=S)SCc1ccccc1. The third-order valence-electron chi connectivity index (χ3n) is 6.27. The molecule has 0 N–H and O–H groups in total. The quantitative estimate of drug-likeness (QED) is 0.287. The van der Waals surface area contributed by atoms with E-state index >= 15 is 0 Å². The van der Waals surface area contributed by atoms with Crippen molar-refractivity contribution in [3.8, 4) is 0 Å². The van der Waals surface area contributed by atoms with E-state index in [0.717, 1.165) is 11.1 Å². The summed E-state index contributed by atoms with van der Waals surface area (Å²) in [6.45, 7) is 0.226. The van der Waals surface area contributed by atoms with E-state index in [-0.39, 0.29) is 11.0 Å². The van der Waals surface area contributed by atoms with Crippen LogP contribution >= 0.6 is 24.0 Å². The fourth-order valence-electron chi connectivity index (χ4n) is 4.40. The van der Waals surface area contributed by atoms with Gasteiger partial charge < -0.3 is 28.4 Å². The van der Waals surface area contributed by atoms with E-state index in [1.165, 1.54) is 18.9 Å². The van der Waals surface area contributed by atoms with Gasteiger partial charge in [-0.3, -0.25) is 0 Å². The van der Waals surface area contributed by atoms with Crippen molar-refractivity contribution in [2.75, 3.05) is 13.7 Å². The fraction of sp³-hybridized carbons (Fsp3) is 0.310. The molecule has 3 aromatic rings. The van der Waals surface area contributed by atoms with Gasteiger partial charge in [0, 0.05) is 18.4 Å². The number of esters is 1. The summed E-state index contributed by atoms with van der Waals surface area (Å²) in [5.74, 6) is 0.125. The number of hydrogen-bond donors (Lipinski definition) is 0. The van der Waals surface area contributed by atoms with E-state index < -0.39 is 43.0 Å². The molecule has 0 bridgehead atoms. The minimum absolute atomic E-state index is 0.226. The second kappa shape index (κ2) is 12.8. The molecular weight excluding hydrogens is 524 g/mol. The van der Waals surface area contributed by atoms with Gasteiger partial charge in [-0.1, -0.05) is 90.6 Å². The van der Waals surface area contributed by atoms with Gasteiger partial charge >= 0.3 is 5.97 Å². The van der Waals surface area contributed by atoms with E-state index in [2.05, 4.69) is 0 Å². The number of thioether (sulfide) groups is 1. The standard InChI is InChI=1S/C29H28O7S2/c1-31-28-25(36-29(37)38-18-19-11-5-2-6-12-19)24(34-26(30)20-13-7-3-8-14-20)23-22(33-28)17-32-27(35-23)21-15-9-4-10-16-21/h2-16,22-25,27-28H,17-18H2,1H3/t22-,23-,24+,25-,27?,28+/m1/s1. The first-order valence-electron chi connectivity index (χ1n) is 12.3.